The highest BCUT2D eigenvalue weighted by Crippen LogP contribution is 2.33. The molecule has 1 saturated heterocycles. The Morgan fingerprint density at radius 1 is 1.13 bits per heavy atom. The van der Waals surface area contributed by atoms with Crippen LogP contribution in [0, 0.1) is 0 Å². The highest BCUT2D eigenvalue weighted by molar-refractivity contribution is 7.92. The van der Waals surface area contributed by atoms with E-state index in [1.807, 2.05) is 42.5 Å². The monoisotopic (exact) mass is 537 g/mol. The fourth-order valence-corrected chi connectivity index (χ4v) is 4.91. The van der Waals surface area contributed by atoms with E-state index in [-0.39, 0.29) is 0 Å². The number of rotatable bonds is 9. The van der Waals surface area contributed by atoms with Crippen molar-refractivity contribution >= 4 is 49.9 Å². The first-order chi connectivity index (χ1) is 18.3. The number of nitrogens with one attached hydrogen (secondary N) is 3. The van der Waals surface area contributed by atoms with Gasteiger partial charge in [0.15, 0.2) is 0 Å². The summed E-state index contributed by atoms with van der Waals surface area (Å²) in [6, 6.07) is 15.2. The number of sulfonamides is 1. The van der Waals surface area contributed by atoms with Crippen molar-refractivity contribution in [1.82, 2.24) is 15.0 Å². The van der Waals surface area contributed by atoms with Crippen LogP contribution in [0.4, 0.5) is 28.8 Å². The molecule has 11 nitrogen and oxygen atoms in total. The van der Waals surface area contributed by atoms with Gasteiger partial charge in [0.05, 0.1) is 43.3 Å². The summed E-state index contributed by atoms with van der Waals surface area (Å²) in [4.78, 5) is 14.8. The van der Waals surface area contributed by atoms with Crippen molar-refractivity contribution in [3.8, 4) is 5.75 Å². The molecule has 1 aliphatic heterocycles. The molecule has 0 radical (unpaired) electrons. The number of hydrogen-bond acceptors (Lipinski definition) is 9. The van der Waals surface area contributed by atoms with Gasteiger partial charge < -0.3 is 30.0 Å². The molecule has 2 aromatic carbocycles. The summed E-state index contributed by atoms with van der Waals surface area (Å²) < 4.78 is 36.7. The van der Waals surface area contributed by atoms with Gasteiger partial charge in [0.25, 0.3) is 0 Å². The molecule has 0 unspecified atom stereocenters. The Morgan fingerprint density at radius 2 is 1.92 bits per heavy atom. The average Bonchev–Trinajstić information content (AvgIpc) is 3.40. The number of aromatic nitrogens is 3. The van der Waals surface area contributed by atoms with Gasteiger partial charge in [0, 0.05) is 44.6 Å². The van der Waals surface area contributed by atoms with Crippen molar-refractivity contribution in [2.75, 3.05) is 66.6 Å². The van der Waals surface area contributed by atoms with Crippen LogP contribution in [-0.4, -0.2) is 70.1 Å². The maximum atomic E-state index is 12.1. The maximum absolute atomic E-state index is 12.1. The summed E-state index contributed by atoms with van der Waals surface area (Å²) in [7, 11) is -0.222. The van der Waals surface area contributed by atoms with Crippen molar-refractivity contribution in [3.63, 3.8) is 0 Å². The molecule has 5 rings (SSSR count). The van der Waals surface area contributed by atoms with Gasteiger partial charge in [-0.15, -0.1) is 0 Å². The Kier molecular flexibility index (Phi) is 7.25. The van der Waals surface area contributed by atoms with E-state index in [4.69, 9.17) is 14.5 Å². The van der Waals surface area contributed by atoms with Crippen LogP contribution in [0.25, 0.3) is 11.0 Å². The molecule has 3 heterocycles. The van der Waals surface area contributed by atoms with Crippen LogP contribution < -0.4 is 24.6 Å². The zero-order valence-corrected chi connectivity index (χ0v) is 22.4. The van der Waals surface area contributed by atoms with Crippen LogP contribution in [0.3, 0.4) is 0 Å². The van der Waals surface area contributed by atoms with E-state index in [0.717, 1.165) is 35.4 Å². The molecule has 0 atom stereocenters. The highest BCUT2D eigenvalue weighted by atomic mass is 32.2. The number of para-hydroxylation sites is 1. The van der Waals surface area contributed by atoms with Crippen LogP contribution in [0.5, 0.6) is 5.75 Å². The van der Waals surface area contributed by atoms with Crippen molar-refractivity contribution < 1.29 is 17.9 Å². The predicted molar refractivity (Wildman–Crippen MR) is 150 cm³/mol. The van der Waals surface area contributed by atoms with Gasteiger partial charge in [-0.3, -0.25) is 4.31 Å². The third-order valence-corrected chi connectivity index (χ3v) is 7.69. The summed E-state index contributed by atoms with van der Waals surface area (Å²) in [6.45, 7) is 3.44. The van der Waals surface area contributed by atoms with Crippen LogP contribution in [0.2, 0.25) is 0 Å². The third-order valence-electron chi connectivity index (χ3n) is 6.50. The lowest BCUT2D eigenvalue weighted by atomic mass is 10.1. The largest absolute Gasteiger partial charge is 0.494 e. The summed E-state index contributed by atoms with van der Waals surface area (Å²) >= 11 is 0. The lowest BCUT2D eigenvalue weighted by Gasteiger charge is -2.29. The number of morpholine rings is 1. The standard InChI is InChI=1S/C26H31N7O4S/c1-32(38(3,34)35)22-7-5-4-6-18(22)17-28-25-20-10-11-27-24(20)30-26(31-25)29-21-9-8-19(16-23(21)36-2)33-12-14-37-15-13-33/h4-11,16H,12-15,17H2,1-3H3,(H3,27,28,29,30,31). The minimum absolute atomic E-state index is 0.365. The summed E-state index contributed by atoms with van der Waals surface area (Å²) in [6.07, 6.45) is 2.99. The Bertz CT molecular complexity index is 1530. The molecular weight excluding hydrogens is 506 g/mol. The normalized spacial score (nSPS) is 13.9. The summed E-state index contributed by atoms with van der Waals surface area (Å²) in [5, 5.41) is 7.47. The Hall–Kier alpha value is -4.03. The first kappa shape index (κ1) is 25.6. The smallest absolute Gasteiger partial charge is 0.232 e. The van der Waals surface area contributed by atoms with Crippen molar-refractivity contribution in [1.29, 1.82) is 0 Å². The van der Waals surface area contributed by atoms with Gasteiger partial charge in [-0.2, -0.15) is 9.97 Å². The molecule has 1 fully saturated rings. The summed E-state index contributed by atoms with van der Waals surface area (Å²) in [5.74, 6) is 1.68. The number of hydrogen-bond donors (Lipinski definition) is 3. The lowest BCUT2D eigenvalue weighted by molar-refractivity contribution is 0.122. The third kappa shape index (κ3) is 5.46. The van der Waals surface area contributed by atoms with Gasteiger partial charge >= 0.3 is 0 Å². The molecule has 12 heteroatoms. The van der Waals surface area contributed by atoms with E-state index in [1.165, 1.54) is 10.6 Å². The number of methoxy groups -OCH3 is 1. The Morgan fingerprint density at radius 3 is 2.68 bits per heavy atom. The second-order valence-corrected chi connectivity index (χ2v) is 11.0. The molecular formula is C26H31N7O4S. The van der Waals surface area contributed by atoms with Gasteiger partial charge in [-0.1, -0.05) is 18.2 Å². The van der Waals surface area contributed by atoms with E-state index < -0.39 is 10.0 Å². The zero-order valence-electron chi connectivity index (χ0n) is 21.6. The van der Waals surface area contributed by atoms with Crippen molar-refractivity contribution in [2.24, 2.45) is 0 Å². The van der Waals surface area contributed by atoms with E-state index in [0.29, 0.717) is 48.6 Å². The van der Waals surface area contributed by atoms with Crippen LogP contribution in [-0.2, 0) is 21.3 Å². The molecule has 2 aromatic heterocycles. The molecule has 0 saturated carbocycles. The molecule has 0 bridgehead atoms. The SMILES string of the molecule is COc1cc(N2CCOCC2)ccc1Nc1nc(NCc2ccccc2N(C)S(C)(=O)=O)c2cc[nH]c2n1. The van der Waals surface area contributed by atoms with E-state index in [9.17, 15) is 8.42 Å². The fraction of sp³-hybridized carbons (Fsp3) is 0.308. The molecule has 0 aliphatic carbocycles. The van der Waals surface area contributed by atoms with Crippen LogP contribution in [0.15, 0.2) is 54.7 Å². The topological polar surface area (TPSA) is 125 Å². The second-order valence-electron chi connectivity index (χ2n) is 8.96. The van der Waals surface area contributed by atoms with E-state index >= 15 is 0 Å². The number of benzene rings is 2. The van der Waals surface area contributed by atoms with E-state index in [2.05, 4.69) is 25.5 Å². The molecule has 1 aliphatic rings. The first-order valence-corrected chi connectivity index (χ1v) is 14.1. The predicted octanol–water partition coefficient (Wildman–Crippen LogP) is 3.55. The zero-order chi connectivity index (χ0) is 26.7. The Labute approximate surface area is 221 Å². The molecule has 200 valence electrons. The quantitative estimate of drug-likeness (QED) is 0.294. The Balaban J connectivity index is 1.40. The molecule has 38 heavy (non-hydrogen) atoms. The highest BCUT2D eigenvalue weighted by Gasteiger charge is 2.17. The second kappa shape index (κ2) is 10.8. The number of ether oxygens (including phenoxy) is 2. The summed E-state index contributed by atoms with van der Waals surface area (Å²) in [5.41, 5.74) is 3.89. The maximum Gasteiger partial charge on any atom is 0.232 e. The number of fused-ring (bicyclic) bond motifs is 1. The van der Waals surface area contributed by atoms with Crippen LogP contribution in [0.1, 0.15) is 5.56 Å². The van der Waals surface area contributed by atoms with Crippen molar-refractivity contribution in [2.45, 2.75) is 6.54 Å². The molecule has 0 spiro atoms. The number of H-pyrrole nitrogens is 1. The van der Waals surface area contributed by atoms with Gasteiger partial charge in [-0.05, 0) is 29.8 Å². The molecule has 4 aromatic rings. The number of nitrogens with zero attached hydrogens (tertiary/aromatic N) is 4. The van der Waals surface area contributed by atoms with Gasteiger partial charge in [-0.25, -0.2) is 8.42 Å². The minimum Gasteiger partial charge on any atom is -0.494 e. The minimum atomic E-state index is -3.40. The molecule has 0 amide bonds. The first-order valence-electron chi connectivity index (χ1n) is 12.2. The number of aromatic amines is 1. The number of anilines is 5. The lowest BCUT2D eigenvalue weighted by Crippen LogP contribution is -2.36. The van der Waals surface area contributed by atoms with Gasteiger partial charge in [0.1, 0.15) is 17.2 Å². The van der Waals surface area contributed by atoms with Gasteiger partial charge in [0.2, 0.25) is 16.0 Å². The molecule has 3 N–H and O–H groups in total. The van der Waals surface area contributed by atoms with E-state index in [1.54, 1.807) is 26.4 Å². The fourth-order valence-electron chi connectivity index (χ4n) is 4.38. The van der Waals surface area contributed by atoms with Crippen LogP contribution >= 0.6 is 0 Å². The average molecular weight is 538 g/mol. The van der Waals surface area contributed by atoms with Crippen molar-refractivity contribution in [3.05, 3.63) is 60.3 Å².